The lowest BCUT2D eigenvalue weighted by Crippen LogP contribution is -2.16. The van der Waals surface area contributed by atoms with E-state index in [1.54, 1.807) is 34.6 Å². The smallest absolute Gasteiger partial charge is 0.214 e. The predicted octanol–water partition coefficient (Wildman–Crippen LogP) is 5.70. The molecule has 7 nitrogen and oxygen atoms in total. The molecule has 4 rings (SSSR count). The minimum Gasteiger partial charge on any atom is -0.490 e. The number of tetrazole rings is 1. The number of rotatable bonds is 13. The molecule has 188 valence electrons. The molecule has 0 saturated heterocycles. The van der Waals surface area contributed by atoms with Crippen molar-refractivity contribution in [3.63, 3.8) is 0 Å². The lowest BCUT2D eigenvalue weighted by atomic mass is 10.2. The van der Waals surface area contributed by atoms with E-state index in [9.17, 15) is 4.39 Å². The molecule has 36 heavy (non-hydrogen) atoms. The van der Waals surface area contributed by atoms with Crippen LogP contribution in [-0.2, 0) is 13.2 Å². The van der Waals surface area contributed by atoms with Crippen LogP contribution in [0.4, 0.5) is 4.39 Å². The third-order valence-corrected chi connectivity index (χ3v) is 6.56. The standard InChI is InChI=1S/C26H27ClFN5O2S/c1-2-34-24-15-20(23(27)16-25(24)35-18-19-9-11-21(28)12-10-19)17-29-13-6-14-36-26-30-31-32-33(26)22-7-4-3-5-8-22/h3-5,7-12,15-16,29H,2,6,13-14,17-18H2,1H3. The SMILES string of the molecule is CCOc1cc(CNCCCSc2nnnn2-c2ccccc2)c(Cl)cc1OCc1ccc(F)cc1. The van der Waals surface area contributed by atoms with Gasteiger partial charge < -0.3 is 14.8 Å². The van der Waals surface area contributed by atoms with Crippen LogP contribution in [0.3, 0.4) is 0 Å². The van der Waals surface area contributed by atoms with Crippen LogP contribution in [-0.4, -0.2) is 39.1 Å². The molecule has 1 aromatic heterocycles. The lowest BCUT2D eigenvalue weighted by Gasteiger charge is -2.15. The van der Waals surface area contributed by atoms with Crippen molar-refractivity contribution >= 4 is 23.4 Å². The molecule has 0 unspecified atom stereocenters. The number of benzene rings is 3. The fraction of sp³-hybridized carbons (Fsp3) is 0.269. The van der Waals surface area contributed by atoms with Crippen LogP contribution in [0, 0.1) is 5.82 Å². The van der Waals surface area contributed by atoms with Crippen LogP contribution in [0.25, 0.3) is 5.69 Å². The normalized spacial score (nSPS) is 11.0. The topological polar surface area (TPSA) is 74.1 Å². The summed E-state index contributed by atoms with van der Waals surface area (Å²) in [6, 6.07) is 19.7. The van der Waals surface area contributed by atoms with Crippen molar-refractivity contribution in [3.05, 3.63) is 88.7 Å². The van der Waals surface area contributed by atoms with Gasteiger partial charge in [-0.1, -0.05) is 53.7 Å². The van der Waals surface area contributed by atoms with E-state index in [2.05, 4.69) is 20.8 Å². The highest BCUT2D eigenvalue weighted by atomic mass is 35.5. The van der Waals surface area contributed by atoms with E-state index < -0.39 is 0 Å². The second kappa shape index (κ2) is 13.2. The number of hydrogen-bond acceptors (Lipinski definition) is 7. The number of thioether (sulfide) groups is 1. The van der Waals surface area contributed by atoms with E-state index in [-0.39, 0.29) is 5.82 Å². The molecule has 10 heteroatoms. The van der Waals surface area contributed by atoms with Gasteiger partial charge in [-0.2, -0.15) is 4.68 Å². The van der Waals surface area contributed by atoms with Gasteiger partial charge >= 0.3 is 0 Å². The number of hydrogen-bond donors (Lipinski definition) is 1. The summed E-state index contributed by atoms with van der Waals surface area (Å²) in [6.45, 7) is 4.12. The first-order valence-corrected chi connectivity index (χ1v) is 13.0. The molecule has 0 aliphatic carbocycles. The molecule has 1 N–H and O–H groups in total. The van der Waals surface area contributed by atoms with E-state index in [0.717, 1.165) is 40.7 Å². The van der Waals surface area contributed by atoms with Crippen molar-refractivity contribution in [2.24, 2.45) is 0 Å². The quantitative estimate of drug-likeness (QED) is 0.176. The van der Waals surface area contributed by atoms with Crippen LogP contribution in [0.2, 0.25) is 5.02 Å². The van der Waals surface area contributed by atoms with Crippen molar-refractivity contribution in [3.8, 4) is 17.2 Å². The van der Waals surface area contributed by atoms with Crippen LogP contribution in [0.5, 0.6) is 11.5 Å². The number of para-hydroxylation sites is 1. The van der Waals surface area contributed by atoms with Gasteiger partial charge in [0, 0.05) is 23.4 Å². The molecule has 0 aliphatic heterocycles. The first kappa shape index (κ1) is 25.9. The Balaban J connectivity index is 1.26. The lowest BCUT2D eigenvalue weighted by molar-refractivity contribution is 0.269. The monoisotopic (exact) mass is 527 g/mol. The van der Waals surface area contributed by atoms with E-state index >= 15 is 0 Å². The van der Waals surface area contributed by atoms with Crippen LogP contribution < -0.4 is 14.8 Å². The van der Waals surface area contributed by atoms with E-state index in [1.165, 1.54) is 12.1 Å². The molecule has 0 fully saturated rings. The van der Waals surface area contributed by atoms with Gasteiger partial charge in [0.1, 0.15) is 12.4 Å². The fourth-order valence-corrected chi connectivity index (χ4v) is 4.47. The Hall–Kier alpha value is -3.14. The van der Waals surface area contributed by atoms with Crippen molar-refractivity contribution in [2.45, 2.75) is 31.7 Å². The Bertz CT molecular complexity index is 1240. The highest BCUT2D eigenvalue weighted by Gasteiger charge is 2.12. The highest BCUT2D eigenvalue weighted by molar-refractivity contribution is 7.99. The van der Waals surface area contributed by atoms with Gasteiger partial charge in [0.2, 0.25) is 5.16 Å². The molecule has 0 bridgehead atoms. The van der Waals surface area contributed by atoms with Gasteiger partial charge in [-0.15, -0.1) is 5.10 Å². The zero-order chi connectivity index (χ0) is 25.2. The molecular weight excluding hydrogens is 501 g/mol. The molecule has 0 amide bonds. The molecule has 1 heterocycles. The van der Waals surface area contributed by atoms with Crippen LogP contribution >= 0.6 is 23.4 Å². The largest absolute Gasteiger partial charge is 0.490 e. The predicted molar refractivity (Wildman–Crippen MR) is 140 cm³/mol. The third-order valence-electron chi connectivity index (χ3n) is 5.21. The van der Waals surface area contributed by atoms with E-state index in [1.807, 2.05) is 43.3 Å². The summed E-state index contributed by atoms with van der Waals surface area (Å²) < 4.78 is 26.6. The second-order valence-electron chi connectivity index (χ2n) is 7.83. The Morgan fingerprint density at radius 1 is 1.03 bits per heavy atom. The first-order valence-electron chi connectivity index (χ1n) is 11.6. The van der Waals surface area contributed by atoms with Gasteiger partial charge in [-0.05, 0) is 71.8 Å². The molecule has 0 saturated carbocycles. The number of halogens is 2. The summed E-state index contributed by atoms with van der Waals surface area (Å²) in [6.07, 6.45) is 0.932. The molecule has 4 aromatic rings. The van der Waals surface area contributed by atoms with Crippen LogP contribution in [0.15, 0.2) is 71.9 Å². The average Bonchev–Trinajstić information content (AvgIpc) is 3.37. The Kier molecular flexibility index (Phi) is 9.54. The Morgan fingerprint density at radius 3 is 2.58 bits per heavy atom. The third kappa shape index (κ3) is 7.19. The molecule has 0 spiro atoms. The van der Waals surface area contributed by atoms with Crippen molar-refractivity contribution in [2.75, 3.05) is 18.9 Å². The zero-order valence-electron chi connectivity index (χ0n) is 19.9. The van der Waals surface area contributed by atoms with Gasteiger partial charge in [-0.3, -0.25) is 0 Å². The maximum absolute atomic E-state index is 13.1. The maximum Gasteiger partial charge on any atom is 0.214 e. The maximum atomic E-state index is 13.1. The van der Waals surface area contributed by atoms with Gasteiger partial charge in [-0.25, -0.2) is 4.39 Å². The Morgan fingerprint density at radius 2 is 1.81 bits per heavy atom. The first-order chi connectivity index (χ1) is 17.6. The molecule has 0 aliphatic rings. The summed E-state index contributed by atoms with van der Waals surface area (Å²) in [7, 11) is 0. The van der Waals surface area contributed by atoms with Gasteiger partial charge in [0.15, 0.2) is 11.5 Å². The molecule has 0 radical (unpaired) electrons. The average molecular weight is 528 g/mol. The molecule has 3 aromatic carbocycles. The Labute approximate surface area is 219 Å². The summed E-state index contributed by atoms with van der Waals surface area (Å²) in [5.41, 5.74) is 2.72. The number of nitrogens with zero attached hydrogens (tertiary/aromatic N) is 4. The molecular formula is C26H27ClFN5O2S. The summed E-state index contributed by atoms with van der Waals surface area (Å²) in [4.78, 5) is 0. The van der Waals surface area contributed by atoms with Crippen LogP contribution in [0.1, 0.15) is 24.5 Å². The number of nitrogens with one attached hydrogen (secondary N) is 1. The van der Waals surface area contributed by atoms with Crippen molar-refractivity contribution < 1.29 is 13.9 Å². The number of aromatic nitrogens is 4. The van der Waals surface area contributed by atoms with Gasteiger partial charge in [0.05, 0.1) is 12.3 Å². The summed E-state index contributed by atoms with van der Waals surface area (Å²) in [5.74, 6) is 1.78. The van der Waals surface area contributed by atoms with Crippen molar-refractivity contribution in [1.29, 1.82) is 0 Å². The highest BCUT2D eigenvalue weighted by Crippen LogP contribution is 2.34. The summed E-state index contributed by atoms with van der Waals surface area (Å²) >= 11 is 8.15. The molecule has 0 atom stereocenters. The van der Waals surface area contributed by atoms with Crippen molar-refractivity contribution in [1.82, 2.24) is 25.5 Å². The zero-order valence-corrected chi connectivity index (χ0v) is 21.4. The van der Waals surface area contributed by atoms with E-state index in [0.29, 0.717) is 36.3 Å². The van der Waals surface area contributed by atoms with Gasteiger partial charge in [0.25, 0.3) is 0 Å². The minimum atomic E-state index is -0.278. The fourth-order valence-electron chi connectivity index (χ4n) is 3.42. The second-order valence-corrected chi connectivity index (χ2v) is 9.30. The minimum absolute atomic E-state index is 0.278. The number of ether oxygens (including phenoxy) is 2. The summed E-state index contributed by atoms with van der Waals surface area (Å²) in [5, 5.41) is 16.8. The van der Waals surface area contributed by atoms with E-state index in [4.69, 9.17) is 21.1 Å².